The van der Waals surface area contributed by atoms with Crippen molar-refractivity contribution in [1.82, 2.24) is 4.90 Å². The van der Waals surface area contributed by atoms with Crippen LogP contribution in [0.2, 0.25) is 0 Å². The Bertz CT molecular complexity index is 1160. The molecule has 0 spiro atoms. The quantitative estimate of drug-likeness (QED) is 0.469. The molecule has 0 N–H and O–H groups in total. The van der Waals surface area contributed by atoms with Gasteiger partial charge in [-0.3, -0.25) is 4.79 Å². The number of nitrogens with zero attached hydrogens (tertiary/aromatic N) is 2. The van der Waals surface area contributed by atoms with Crippen molar-refractivity contribution in [3.05, 3.63) is 89.5 Å². The van der Waals surface area contributed by atoms with Crippen LogP contribution in [0.3, 0.4) is 0 Å². The molecule has 0 aromatic heterocycles. The van der Waals surface area contributed by atoms with E-state index < -0.39 is 0 Å². The highest BCUT2D eigenvalue weighted by Gasteiger charge is 2.29. The zero-order chi connectivity index (χ0) is 23.9. The van der Waals surface area contributed by atoms with Crippen molar-refractivity contribution >= 4 is 11.6 Å². The molecule has 4 rings (SSSR count). The Labute approximate surface area is 199 Å². The van der Waals surface area contributed by atoms with Gasteiger partial charge in [0.05, 0.1) is 39.1 Å². The number of ether oxygens (including phenoxy) is 3. The Kier molecular flexibility index (Phi) is 7.32. The van der Waals surface area contributed by atoms with Crippen LogP contribution in [0.25, 0.3) is 0 Å². The summed E-state index contributed by atoms with van der Waals surface area (Å²) in [4.78, 5) is 21.2. The lowest BCUT2D eigenvalue weighted by atomic mass is 10.0. The summed E-state index contributed by atoms with van der Waals surface area (Å²) in [5, 5.41) is 4.30. The summed E-state index contributed by atoms with van der Waals surface area (Å²) in [7, 11) is 4.75. The second-order valence-electron chi connectivity index (χ2n) is 7.91. The van der Waals surface area contributed by atoms with Crippen molar-refractivity contribution in [1.29, 1.82) is 0 Å². The Morgan fingerprint density at radius 3 is 2.41 bits per heavy atom. The average Bonchev–Trinajstić information content (AvgIpc) is 3.36. The van der Waals surface area contributed by atoms with Crippen molar-refractivity contribution in [3.63, 3.8) is 0 Å². The van der Waals surface area contributed by atoms with Crippen LogP contribution in [0, 0.1) is 0 Å². The van der Waals surface area contributed by atoms with Crippen LogP contribution in [0.1, 0.15) is 27.9 Å². The first-order valence-electron chi connectivity index (χ1n) is 11.0. The molecular formula is C27H28N2O5. The molecule has 1 atom stereocenters. The van der Waals surface area contributed by atoms with Gasteiger partial charge in [0.2, 0.25) is 0 Å². The van der Waals surface area contributed by atoms with Gasteiger partial charge >= 0.3 is 0 Å². The number of carbonyl (C=O) groups is 1. The summed E-state index contributed by atoms with van der Waals surface area (Å²) in [5.74, 6) is 1.67. The molecule has 1 amide bonds. The number of methoxy groups -OCH3 is 3. The number of para-hydroxylation sites is 1. The van der Waals surface area contributed by atoms with E-state index in [1.807, 2.05) is 54.6 Å². The van der Waals surface area contributed by atoms with E-state index in [9.17, 15) is 4.79 Å². The summed E-state index contributed by atoms with van der Waals surface area (Å²) < 4.78 is 16.2. The first-order valence-corrected chi connectivity index (χ1v) is 11.0. The average molecular weight is 461 g/mol. The number of benzene rings is 3. The fourth-order valence-electron chi connectivity index (χ4n) is 3.98. The largest absolute Gasteiger partial charge is 0.497 e. The molecule has 34 heavy (non-hydrogen) atoms. The van der Waals surface area contributed by atoms with Crippen molar-refractivity contribution in [2.45, 2.75) is 19.1 Å². The van der Waals surface area contributed by atoms with Gasteiger partial charge in [-0.2, -0.15) is 0 Å². The monoisotopic (exact) mass is 460 g/mol. The number of hydrogen-bond donors (Lipinski definition) is 0. The highest BCUT2D eigenvalue weighted by molar-refractivity contribution is 6.03. The SMILES string of the molecule is COc1ccc(C(=O)N(Cc2ccccc2)CC2CC(c3ccccc3OC)=NO2)c(OC)c1. The van der Waals surface area contributed by atoms with Crippen LogP contribution in [0.15, 0.2) is 78.0 Å². The third kappa shape index (κ3) is 5.14. The van der Waals surface area contributed by atoms with Crippen LogP contribution in [0.4, 0.5) is 0 Å². The molecule has 0 fully saturated rings. The van der Waals surface area contributed by atoms with E-state index in [1.54, 1.807) is 44.4 Å². The Balaban J connectivity index is 1.56. The second kappa shape index (κ2) is 10.7. The standard InChI is InChI=1S/C27H28N2O5/c1-31-20-13-14-23(26(16-20)33-3)27(30)29(17-19-9-5-4-6-10-19)18-21-15-24(28-34-21)22-11-7-8-12-25(22)32-2/h4-14,16,21H,15,17-18H2,1-3H3. The molecule has 176 valence electrons. The number of hydrogen-bond acceptors (Lipinski definition) is 6. The highest BCUT2D eigenvalue weighted by Crippen LogP contribution is 2.28. The van der Waals surface area contributed by atoms with Crippen LogP contribution in [-0.4, -0.2) is 50.5 Å². The fourth-order valence-corrected chi connectivity index (χ4v) is 3.98. The molecule has 0 radical (unpaired) electrons. The van der Waals surface area contributed by atoms with Crippen LogP contribution < -0.4 is 14.2 Å². The molecule has 1 aliphatic heterocycles. The molecule has 3 aromatic rings. The van der Waals surface area contributed by atoms with E-state index in [-0.39, 0.29) is 12.0 Å². The molecule has 0 bridgehead atoms. The second-order valence-corrected chi connectivity index (χ2v) is 7.91. The van der Waals surface area contributed by atoms with E-state index in [4.69, 9.17) is 19.0 Å². The fraction of sp³-hybridized carbons (Fsp3) is 0.259. The Hall–Kier alpha value is -4.00. The lowest BCUT2D eigenvalue weighted by Crippen LogP contribution is -2.37. The van der Waals surface area contributed by atoms with E-state index in [0.717, 1.165) is 22.6 Å². The van der Waals surface area contributed by atoms with Gasteiger partial charge < -0.3 is 23.9 Å². The molecule has 0 aliphatic carbocycles. The molecule has 0 saturated heterocycles. The number of rotatable bonds is 9. The molecule has 0 saturated carbocycles. The lowest BCUT2D eigenvalue weighted by Gasteiger charge is -2.26. The smallest absolute Gasteiger partial charge is 0.258 e. The van der Waals surface area contributed by atoms with Crippen molar-refractivity contribution in [2.24, 2.45) is 5.16 Å². The van der Waals surface area contributed by atoms with Gasteiger partial charge in [-0.15, -0.1) is 0 Å². The van der Waals surface area contributed by atoms with E-state index in [1.165, 1.54) is 0 Å². The van der Waals surface area contributed by atoms with Gasteiger partial charge in [0.25, 0.3) is 5.91 Å². The van der Waals surface area contributed by atoms with Crippen LogP contribution >= 0.6 is 0 Å². The van der Waals surface area contributed by atoms with Crippen LogP contribution in [0.5, 0.6) is 17.2 Å². The first-order chi connectivity index (χ1) is 16.6. The van der Waals surface area contributed by atoms with E-state index in [2.05, 4.69) is 5.16 Å². The molecule has 3 aromatic carbocycles. The minimum Gasteiger partial charge on any atom is -0.497 e. The molecular weight excluding hydrogens is 432 g/mol. The molecule has 7 heteroatoms. The normalized spacial score (nSPS) is 14.7. The predicted octanol–water partition coefficient (Wildman–Crippen LogP) is 4.55. The van der Waals surface area contributed by atoms with Crippen molar-refractivity contribution < 1.29 is 23.8 Å². The summed E-state index contributed by atoms with van der Waals surface area (Å²) >= 11 is 0. The maximum Gasteiger partial charge on any atom is 0.258 e. The van der Waals surface area contributed by atoms with E-state index >= 15 is 0 Å². The minimum absolute atomic E-state index is 0.155. The minimum atomic E-state index is -0.281. The third-order valence-corrected chi connectivity index (χ3v) is 5.72. The van der Waals surface area contributed by atoms with Gasteiger partial charge in [0.1, 0.15) is 17.2 Å². The topological polar surface area (TPSA) is 69.6 Å². The predicted molar refractivity (Wildman–Crippen MR) is 130 cm³/mol. The van der Waals surface area contributed by atoms with Crippen molar-refractivity contribution in [2.75, 3.05) is 27.9 Å². The summed E-state index contributed by atoms with van der Waals surface area (Å²) in [6, 6.07) is 22.8. The van der Waals surface area contributed by atoms with Gasteiger partial charge in [-0.05, 0) is 29.8 Å². The summed E-state index contributed by atoms with van der Waals surface area (Å²) in [5.41, 5.74) is 3.18. The van der Waals surface area contributed by atoms with Crippen molar-refractivity contribution in [3.8, 4) is 17.2 Å². The number of carbonyl (C=O) groups excluding carboxylic acids is 1. The molecule has 1 aliphatic rings. The molecule has 1 unspecified atom stereocenters. The highest BCUT2D eigenvalue weighted by atomic mass is 16.6. The van der Waals surface area contributed by atoms with Crippen LogP contribution in [-0.2, 0) is 11.4 Å². The maximum atomic E-state index is 13.7. The van der Waals surface area contributed by atoms with Gasteiger partial charge in [-0.25, -0.2) is 0 Å². The molecule has 1 heterocycles. The zero-order valence-electron chi connectivity index (χ0n) is 19.6. The van der Waals surface area contributed by atoms with Gasteiger partial charge in [-0.1, -0.05) is 47.6 Å². The lowest BCUT2D eigenvalue weighted by molar-refractivity contribution is 0.0403. The molecule has 7 nitrogen and oxygen atoms in total. The van der Waals surface area contributed by atoms with Gasteiger partial charge in [0, 0.05) is 24.6 Å². The maximum absolute atomic E-state index is 13.7. The Morgan fingerprint density at radius 2 is 1.68 bits per heavy atom. The summed E-state index contributed by atoms with van der Waals surface area (Å²) in [6.45, 7) is 0.795. The summed E-state index contributed by atoms with van der Waals surface area (Å²) in [6.07, 6.45) is 0.287. The number of amides is 1. The van der Waals surface area contributed by atoms with E-state index in [0.29, 0.717) is 36.6 Å². The first kappa shape index (κ1) is 23.2. The number of oxime groups is 1. The van der Waals surface area contributed by atoms with Gasteiger partial charge in [0.15, 0.2) is 6.10 Å². The third-order valence-electron chi connectivity index (χ3n) is 5.72. The zero-order valence-corrected chi connectivity index (χ0v) is 19.6. The Morgan fingerprint density at radius 1 is 0.941 bits per heavy atom.